The Balaban J connectivity index is 1.41. The van der Waals surface area contributed by atoms with Crippen molar-refractivity contribution in [3.63, 3.8) is 0 Å². The van der Waals surface area contributed by atoms with Gasteiger partial charge in [-0.05, 0) is 61.5 Å². The molecule has 0 aromatic heterocycles. The zero-order valence-electron chi connectivity index (χ0n) is 13.3. The fourth-order valence-corrected chi connectivity index (χ4v) is 3.22. The second-order valence-electron chi connectivity index (χ2n) is 6.56. The molecule has 0 atom stereocenters. The maximum atomic E-state index is 13.6. The minimum absolute atomic E-state index is 0.130. The lowest BCUT2D eigenvalue weighted by molar-refractivity contribution is 0.400. The molecule has 1 aromatic carbocycles. The first-order valence-corrected chi connectivity index (χ1v) is 8.46. The third kappa shape index (κ3) is 4.21. The molecule has 22 heavy (non-hydrogen) atoms. The van der Waals surface area contributed by atoms with Crippen LogP contribution in [0.2, 0.25) is 0 Å². The molecule has 2 saturated carbocycles. The van der Waals surface area contributed by atoms with Crippen molar-refractivity contribution in [1.82, 2.24) is 10.6 Å². The molecule has 1 aromatic rings. The van der Waals surface area contributed by atoms with E-state index in [1.54, 1.807) is 13.1 Å². The lowest BCUT2D eigenvalue weighted by Gasteiger charge is -2.18. The quantitative estimate of drug-likeness (QED) is 0.600. The zero-order chi connectivity index (χ0) is 15.4. The average molecular weight is 303 g/mol. The van der Waals surface area contributed by atoms with E-state index in [0.717, 1.165) is 35.8 Å². The van der Waals surface area contributed by atoms with Gasteiger partial charge in [-0.2, -0.15) is 0 Å². The number of guanidine groups is 1. The van der Waals surface area contributed by atoms with Crippen LogP contribution in [0.4, 0.5) is 4.39 Å². The molecule has 3 nitrogen and oxygen atoms in total. The SMILES string of the molecule is CN=C(NCCc1ccccc1F)NCC(C1CC1)C1CC1. The molecule has 0 bridgehead atoms. The van der Waals surface area contributed by atoms with Gasteiger partial charge in [0.1, 0.15) is 5.82 Å². The van der Waals surface area contributed by atoms with Gasteiger partial charge in [-0.25, -0.2) is 4.39 Å². The first kappa shape index (κ1) is 15.3. The minimum atomic E-state index is -0.130. The maximum Gasteiger partial charge on any atom is 0.190 e. The molecule has 120 valence electrons. The van der Waals surface area contributed by atoms with Crippen molar-refractivity contribution < 1.29 is 4.39 Å². The van der Waals surface area contributed by atoms with Gasteiger partial charge in [0.25, 0.3) is 0 Å². The first-order valence-electron chi connectivity index (χ1n) is 8.46. The Morgan fingerprint density at radius 2 is 1.86 bits per heavy atom. The molecule has 2 fully saturated rings. The molecular weight excluding hydrogens is 277 g/mol. The molecule has 0 saturated heterocycles. The predicted molar refractivity (Wildman–Crippen MR) is 88.4 cm³/mol. The average Bonchev–Trinajstić information content (AvgIpc) is 3.40. The summed E-state index contributed by atoms with van der Waals surface area (Å²) in [5.41, 5.74) is 0.749. The van der Waals surface area contributed by atoms with Crippen molar-refractivity contribution in [1.29, 1.82) is 0 Å². The molecule has 0 unspecified atom stereocenters. The van der Waals surface area contributed by atoms with Crippen LogP contribution in [0.15, 0.2) is 29.3 Å². The number of halogens is 1. The largest absolute Gasteiger partial charge is 0.356 e. The van der Waals surface area contributed by atoms with E-state index in [4.69, 9.17) is 0 Å². The number of nitrogens with one attached hydrogen (secondary N) is 2. The minimum Gasteiger partial charge on any atom is -0.356 e. The number of hydrogen-bond acceptors (Lipinski definition) is 1. The number of rotatable bonds is 7. The Morgan fingerprint density at radius 3 is 2.45 bits per heavy atom. The number of nitrogens with zero attached hydrogens (tertiary/aromatic N) is 1. The summed E-state index contributed by atoms with van der Waals surface area (Å²) < 4.78 is 13.6. The van der Waals surface area contributed by atoms with E-state index in [0.29, 0.717) is 13.0 Å². The molecule has 0 heterocycles. The predicted octanol–water partition coefficient (Wildman–Crippen LogP) is 2.97. The lowest BCUT2D eigenvalue weighted by atomic mass is 9.98. The fraction of sp³-hybridized carbons (Fsp3) is 0.611. The van der Waals surface area contributed by atoms with Gasteiger partial charge in [-0.15, -0.1) is 0 Å². The van der Waals surface area contributed by atoms with Crippen LogP contribution < -0.4 is 10.6 Å². The summed E-state index contributed by atoms with van der Waals surface area (Å²) in [4.78, 5) is 4.27. The summed E-state index contributed by atoms with van der Waals surface area (Å²) in [6.45, 7) is 1.72. The van der Waals surface area contributed by atoms with Crippen LogP contribution in [0.1, 0.15) is 31.2 Å². The summed E-state index contributed by atoms with van der Waals surface area (Å²) >= 11 is 0. The Labute approximate surface area is 132 Å². The third-order valence-corrected chi connectivity index (χ3v) is 4.83. The summed E-state index contributed by atoms with van der Waals surface area (Å²) in [5.74, 6) is 3.41. The van der Waals surface area contributed by atoms with Gasteiger partial charge in [0, 0.05) is 20.1 Å². The van der Waals surface area contributed by atoms with E-state index < -0.39 is 0 Å². The first-order chi connectivity index (χ1) is 10.8. The summed E-state index contributed by atoms with van der Waals surface area (Å²) in [5, 5.41) is 6.75. The highest BCUT2D eigenvalue weighted by molar-refractivity contribution is 5.79. The van der Waals surface area contributed by atoms with Crippen molar-refractivity contribution >= 4 is 5.96 Å². The highest BCUT2D eigenvalue weighted by Gasteiger charge is 2.41. The third-order valence-electron chi connectivity index (χ3n) is 4.83. The molecule has 2 N–H and O–H groups in total. The zero-order valence-corrected chi connectivity index (χ0v) is 13.3. The fourth-order valence-electron chi connectivity index (χ4n) is 3.22. The van der Waals surface area contributed by atoms with Gasteiger partial charge in [-0.3, -0.25) is 4.99 Å². The van der Waals surface area contributed by atoms with E-state index >= 15 is 0 Å². The molecule has 3 rings (SSSR count). The standard InChI is InChI=1S/C18H26FN3/c1-20-18(21-11-10-15-4-2-3-5-17(15)19)22-12-16(13-6-7-13)14-8-9-14/h2-5,13-14,16H,6-12H2,1H3,(H2,20,21,22). The van der Waals surface area contributed by atoms with Crippen LogP contribution in [-0.2, 0) is 6.42 Å². The summed E-state index contributed by atoms with van der Waals surface area (Å²) in [7, 11) is 1.79. The van der Waals surface area contributed by atoms with Gasteiger partial charge in [-0.1, -0.05) is 18.2 Å². The Bertz CT molecular complexity index is 509. The van der Waals surface area contributed by atoms with Crippen LogP contribution in [-0.4, -0.2) is 26.1 Å². The van der Waals surface area contributed by atoms with Gasteiger partial charge in [0.05, 0.1) is 0 Å². The van der Waals surface area contributed by atoms with E-state index in [1.807, 2.05) is 12.1 Å². The van der Waals surface area contributed by atoms with E-state index in [9.17, 15) is 4.39 Å². The van der Waals surface area contributed by atoms with Gasteiger partial charge in [0.2, 0.25) is 0 Å². The van der Waals surface area contributed by atoms with E-state index in [1.165, 1.54) is 31.7 Å². The molecule has 0 amide bonds. The smallest absolute Gasteiger partial charge is 0.190 e. The Hall–Kier alpha value is -1.58. The monoisotopic (exact) mass is 303 g/mol. The number of aliphatic imine (C=N–C) groups is 1. The van der Waals surface area contributed by atoms with Gasteiger partial charge < -0.3 is 10.6 Å². The molecule has 2 aliphatic carbocycles. The van der Waals surface area contributed by atoms with Crippen molar-refractivity contribution in [3.8, 4) is 0 Å². The number of benzene rings is 1. The molecule has 4 heteroatoms. The molecule has 0 aliphatic heterocycles. The maximum absolute atomic E-state index is 13.6. The highest BCUT2D eigenvalue weighted by Crippen LogP contribution is 2.48. The van der Waals surface area contributed by atoms with Crippen LogP contribution in [0.5, 0.6) is 0 Å². The highest BCUT2D eigenvalue weighted by atomic mass is 19.1. The second-order valence-corrected chi connectivity index (χ2v) is 6.56. The normalized spacial score (nSPS) is 18.6. The summed E-state index contributed by atoms with van der Waals surface area (Å²) in [6, 6.07) is 6.95. The van der Waals surface area contributed by atoms with Crippen molar-refractivity contribution in [2.24, 2.45) is 22.7 Å². The van der Waals surface area contributed by atoms with Gasteiger partial charge in [0.15, 0.2) is 5.96 Å². The van der Waals surface area contributed by atoms with Crippen LogP contribution in [0.3, 0.4) is 0 Å². The Kier molecular flexibility index (Phi) is 4.96. The van der Waals surface area contributed by atoms with Crippen LogP contribution in [0.25, 0.3) is 0 Å². The van der Waals surface area contributed by atoms with E-state index in [2.05, 4.69) is 15.6 Å². The van der Waals surface area contributed by atoms with E-state index in [-0.39, 0.29) is 5.82 Å². The summed E-state index contributed by atoms with van der Waals surface area (Å²) in [6.07, 6.45) is 6.29. The molecule has 0 radical (unpaired) electrons. The van der Waals surface area contributed by atoms with Gasteiger partial charge >= 0.3 is 0 Å². The Morgan fingerprint density at radius 1 is 1.18 bits per heavy atom. The molecular formula is C18H26FN3. The molecule has 2 aliphatic rings. The number of hydrogen-bond donors (Lipinski definition) is 2. The van der Waals surface area contributed by atoms with Crippen LogP contribution in [0, 0.1) is 23.6 Å². The molecule has 0 spiro atoms. The van der Waals surface area contributed by atoms with Crippen molar-refractivity contribution in [3.05, 3.63) is 35.6 Å². The second kappa shape index (κ2) is 7.12. The lowest BCUT2D eigenvalue weighted by Crippen LogP contribution is -2.41. The van der Waals surface area contributed by atoms with Crippen molar-refractivity contribution in [2.75, 3.05) is 20.1 Å². The topological polar surface area (TPSA) is 36.4 Å². The van der Waals surface area contributed by atoms with Crippen molar-refractivity contribution in [2.45, 2.75) is 32.1 Å². The van der Waals surface area contributed by atoms with Crippen LogP contribution >= 0.6 is 0 Å².